The molecule has 10 heteroatoms. The van der Waals surface area contributed by atoms with Crippen molar-refractivity contribution in [3.05, 3.63) is 101 Å². The average molecular weight is 614 g/mol. The third-order valence-electron chi connectivity index (χ3n) is 7.01. The number of rotatable bonds is 12. The van der Waals surface area contributed by atoms with Crippen LogP contribution in [-0.4, -0.2) is 60.8 Å². The summed E-state index contributed by atoms with van der Waals surface area (Å²) in [6, 6.07) is 21.7. The van der Waals surface area contributed by atoms with E-state index in [0.29, 0.717) is 27.9 Å². The number of benzene rings is 3. The van der Waals surface area contributed by atoms with Crippen LogP contribution in [0, 0.1) is 20.8 Å². The van der Waals surface area contributed by atoms with Crippen LogP contribution in [-0.2, 0) is 16.1 Å². The number of methoxy groups -OCH3 is 2. The van der Waals surface area contributed by atoms with Crippen molar-refractivity contribution in [1.29, 1.82) is 0 Å². The number of ether oxygens (including phenoxy) is 2. The first-order valence-electron chi connectivity index (χ1n) is 14.2. The second kappa shape index (κ2) is 14.7. The Morgan fingerprint density at radius 2 is 1.48 bits per heavy atom. The van der Waals surface area contributed by atoms with Gasteiger partial charge in [0.25, 0.3) is 5.91 Å². The second-order valence-electron chi connectivity index (χ2n) is 10.7. The van der Waals surface area contributed by atoms with E-state index < -0.39 is 6.04 Å². The standard InChI is InChI=1S/C34H39N5O4S/c1-22-8-10-25(11-9-22)20-39(31(40)21-44-34-35-23(2)18-24(3)36-34)32(26-12-17-29(42-6)30(19-26)43-7)33(41)37-27-13-15-28(16-14-27)38(4)5/h8-19,32H,20-21H2,1-7H3,(H,37,41)/t32-/m1/s1. The van der Waals surface area contributed by atoms with Crippen LogP contribution in [0.2, 0.25) is 0 Å². The number of carbonyl (C=O) groups excluding carboxylic acids is 2. The van der Waals surface area contributed by atoms with E-state index in [2.05, 4.69) is 15.3 Å². The van der Waals surface area contributed by atoms with E-state index in [1.165, 1.54) is 11.8 Å². The van der Waals surface area contributed by atoms with Gasteiger partial charge in [-0.25, -0.2) is 9.97 Å². The fraction of sp³-hybridized carbons (Fsp3) is 0.294. The van der Waals surface area contributed by atoms with Crippen LogP contribution in [0.5, 0.6) is 11.5 Å². The molecule has 0 saturated carbocycles. The highest BCUT2D eigenvalue weighted by Gasteiger charge is 2.33. The zero-order valence-electron chi connectivity index (χ0n) is 26.2. The Kier molecular flexibility index (Phi) is 10.8. The molecule has 0 saturated heterocycles. The van der Waals surface area contributed by atoms with Crippen LogP contribution in [0.1, 0.15) is 34.1 Å². The molecule has 0 spiro atoms. The lowest BCUT2D eigenvalue weighted by Gasteiger charge is -2.32. The van der Waals surface area contributed by atoms with Crippen molar-refractivity contribution in [2.24, 2.45) is 0 Å². The Morgan fingerprint density at radius 1 is 0.841 bits per heavy atom. The maximum absolute atomic E-state index is 14.2. The molecule has 44 heavy (non-hydrogen) atoms. The van der Waals surface area contributed by atoms with Gasteiger partial charge >= 0.3 is 0 Å². The van der Waals surface area contributed by atoms with Crippen molar-refractivity contribution in [2.75, 3.05) is 44.3 Å². The lowest BCUT2D eigenvalue weighted by atomic mass is 10.0. The Labute approximate surface area is 263 Å². The van der Waals surface area contributed by atoms with Crippen LogP contribution in [0.4, 0.5) is 11.4 Å². The summed E-state index contributed by atoms with van der Waals surface area (Å²) < 4.78 is 11.0. The summed E-state index contributed by atoms with van der Waals surface area (Å²) in [7, 11) is 7.00. The molecule has 1 heterocycles. The summed E-state index contributed by atoms with van der Waals surface area (Å²) in [4.78, 5) is 40.9. The van der Waals surface area contributed by atoms with Gasteiger partial charge in [0.1, 0.15) is 6.04 Å². The first-order chi connectivity index (χ1) is 21.1. The number of amides is 2. The van der Waals surface area contributed by atoms with E-state index in [1.54, 1.807) is 37.3 Å². The van der Waals surface area contributed by atoms with Crippen molar-refractivity contribution in [1.82, 2.24) is 14.9 Å². The molecular formula is C34H39N5O4S. The predicted molar refractivity (Wildman–Crippen MR) is 176 cm³/mol. The topological polar surface area (TPSA) is 96.9 Å². The smallest absolute Gasteiger partial charge is 0.251 e. The molecule has 0 radical (unpaired) electrons. The summed E-state index contributed by atoms with van der Waals surface area (Å²) in [6.45, 7) is 6.01. The number of nitrogens with zero attached hydrogens (tertiary/aromatic N) is 4. The van der Waals surface area contributed by atoms with E-state index in [4.69, 9.17) is 9.47 Å². The van der Waals surface area contributed by atoms with Crippen molar-refractivity contribution in [2.45, 2.75) is 38.5 Å². The van der Waals surface area contributed by atoms with Crippen molar-refractivity contribution < 1.29 is 19.1 Å². The molecule has 3 aromatic carbocycles. The third-order valence-corrected chi connectivity index (χ3v) is 7.85. The molecule has 1 aromatic heterocycles. The van der Waals surface area contributed by atoms with E-state index in [1.807, 2.05) is 94.4 Å². The van der Waals surface area contributed by atoms with Crippen LogP contribution >= 0.6 is 11.8 Å². The van der Waals surface area contributed by atoms with Gasteiger partial charge in [0.05, 0.1) is 20.0 Å². The molecule has 4 rings (SSSR count). The van der Waals surface area contributed by atoms with Gasteiger partial charge in [0.15, 0.2) is 16.7 Å². The number of hydrogen-bond acceptors (Lipinski definition) is 8. The number of aryl methyl sites for hydroxylation is 3. The van der Waals surface area contributed by atoms with Gasteiger partial charge in [0.2, 0.25) is 5.91 Å². The van der Waals surface area contributed by atoms with Gasteiger partial charge in [-0.1, -0.05) is 47.7 Å². The quantitative estimate of drug-likeness (QED) is 0.154. The number of thioether (sulfide) groups is 1. The van der Waals surface area contributed by atoms with E-state index in [0.717, 1.165) is 28.2 Å². The summed E-state index contributed by atoms with van der Waals surface area (Å²) in [5, 5.41) is 3.55. The van der Waals surface area contributed by atoms with E-state index >= 15 is 0 Å². The zero-order chi connectivity index (χ0) is 31.8. The first-order valence-corrected chi connectivity index (χ1v) is 15.2. The first kappa shape index (κ1) is 32.3. The van der Waals surface area contributed by atoms with Crippen LogP contribution in [0.15, 0.2) is 78.0 Å². The second-order valence-corrected chi connectivity index (χ2v) is 11.6. The molecule has 0 fully saturated rings. The highest BCUT2D eigenvalue weighted by Crippen LogP contribution is 2.34. The predicted octanol–water partition coefficient (Wildman–Crippen LogP) is 5.99. The molecule has 2 amide bonds. The van der Waals surface area contributed by atoms with Crippen molar-refractivity contribution in [3.8, 4) is 11.5 Å². The lowest BCUT2D eigenvalue weighted by Crippen LogP contribution is -2.41. The Morgan fingerprint density at radius 3 is 2.07 bits per heavy atom. The Hall–Kier alpha value is -4.57. The van der Waals surface area contributed by atoms with Crippen molar-refractivity contribution >= 4 is 35.0 Å². The number of nitrogens with one attached hydrogen (secondary N) is 1. The molecule has 0 aliphatic heterocycles. The number of anilines is 2. The minimum absolute atomic E-state index is 0.0450. The number of hydrogen-bond donors (Lipinski definition) is 1. The maximum Gasteiger partial charge on any atom is 0.251 e. The molecule has 0 unspecified atom stereocenters. The molecular weight excluding hydrogens is 574 g/mol. The number of aromatic nitrogens is 2. The number of carbonyl (C=O) groups is 2. The Bertz CT molecular complexity index is 1570. The summed E-state index contributed by atoms with van der Waals surface area (Å²) in [5.41, 5.74) is 5.85. The average Bonchev–Trinajstić information content (AvgIpc) is 3.00. The lowest BCUT2D eigenvalue weighted by molar-refractivity contribution is -0.137. The van der Waals surface area contributed by atoms with Gasteiger partial charge in [0, 0.05) is 43.4 Å². The minimum atomic E-state index is -0.988. The Balaban J connectivity index is 1.75. The van der Waals surface area contributed by atoms with Gasteiger partial charge in [-0.3, -0.25) is 9.59 Å². The highest BCUT2D eigenvalue weighted by molar-refractivity contribution is 7.99. The molecule has 1 atom stereocenters. The van der Waals surface area contributed by atoms with Crippen molar-refractivity contribution in [3.63, 3.8) is 0 Å². The molecule has 9 nitrogen and oxygen atoms in total. The molecule has 1 N–H and O–H groups in total. The molecule has 0 aliphatic rings. The van der Waals surface area contributed by atoms with Crippen LogP contribution in [0.25, 0.3) is 0 Å². The van der Waals surface area contributed by atoms with Gasteiger partial charge in [-0.05, 0) is 74.4 Å². The molecule has 0 aliphatic carbocycles. The van der Waals surface area contributed by atoms with Gasteiger partial charge in [-0.2, -0.15) is 0 Å². The van der Waals surface area contributed by atoms with E-state index in [-0.39, 0.29) is 24.1 Å². The fourth-order valence-electron chi connectivity index (χ4n) is 4.73. The summed E-state index contributed by atoms with van der Waals surface area (Å²) in [5.74, 6) is 0.426. The largest absolute Gasteiger partial charge is 0.493 e. The molecule has 230 valence electrons. The SMILES string of the molecule is COc1ccc([C@H](C(=O)Nc2ccc(N(C)C)cc2)N(Cc2ccc(C)cc2)C(=O)CSc2nc(C)cc(C)n2)cc1OC. The summed E-state index contributed by atoms with van der Waals surface area (Å²) >= 11 is 1.25. The normalized spacial score (nSPS) is 11.4. The third kappa shape index (κ3) is 8.29. The van der Waals surface area contributed by atoms with Crippen LogP contribution < -0.4 is 19.7 Å². The van der Waals surface area contributed by atoms with Gasteiger partial charge in [-0.15, -0.1) is 0 Å². The monoisotopic (exact) mass is 613 g/mol. The zero-order valence-corrected chi connectivity index (χ0v) is 27.1. The molecule has 0 bridgehead atoms. The fourth-order valence-corrected chi connectivity index (χ4v) is 5.57. The van der Waals surface area contributed by atoms with Gasteiger partial charge < -0.3 is 24.6 Å². The highest BCUT2D eigenvalue weighted by atomic mass is 32.2. The van der Waals surface area contributed by atoms with Crippen LogP contribution in [0.3, 0.4) is 0 Å². The molecule has 4 aromatic rings. The maximum atomic E-state index is 14.2. The van der Waals surface area contributed by atoms with E-state index in [9.17, 15) is 9.59 Å². The summed E-state index contributed by atoms with van der Waals surface area (Å²) in [6.07, 6.45) is 0. The minimum Gasteiger partial charge on any atom is -0.493 e.